The van der Waals surface area contributed by atoms with Crippen molar-refractivity contribution in [3.05, 3.63) is 0 Å². The van der Waals surface area contributed by atoms with Crippen molar-refractivity contribution in [3.8, 4) is 0 Å². The van der Waals surface area contributed by atoms with E-state index < -0.39 is 5.60 Å². The zero-order valence-electron chi connectivity index (χ0n) is 20.7. The SMILES string of the molecule is C[C@]12CC[C@H](OCCCN)C[C@H]1CC[C@@H]1[C@@H]2CC[C@]2(C/C=N/N)[C@@H](C3=NCC(=O)N3)CC[C@]12O. The number of amidine groups is 1. The molecule has 8 atom stereocenters. The number of ether oxygens (including phenoxy) is 1. The standard InChI is InChI=1S/C26H43N5O3/c1-24-8-5-18(34-14-2-12-27)15-17(24)3-4-20-19(24)6-9-25(11-13-30-28)21(7-10-26(20,25)33)23-29-16-22(32)31-23/h13,17-21,33H,2-12,14-16,27-28H2,1H3,(H,29,31,32)/b30-13+/t17-,18+,19+,20-,21-,24+,25+,26+/m1/s1. The normalized spacial score (nSPS) is 46.0. The van der Waals surface area contributed by atoms with Crippen LogP contribution in [0.2, 0.25) is 0 Å². The molecule has 0 spiro atoms. The predicted octanol–water partition coefficient (Wildman–Crippen LogP) is 2.34. The monoisotopic (exact) mass is 473 g/mol. The average Bonchev–Trinajstić information content (AvgIpc) is 3.38. The highest BCUT2D eigenvalue weighted by atomic mass is 16.5. The van der Waals surface area contributed by atoms with Crippen molar-refractivity contribution in [3.63, 3.8) is 0 Å². The number of nitrogens with one attached hydrogen (secondary N) is 1. The maximum Gasteiger partial charge on any atom is 0.247 e. The number of aliphatic hydroxyl groups is 1. The first-order valence-corrected chi connectivity index (χ1v) is 13.5. The van der Waals surface area contributed by atoms with Gasteiger partial charge in [0, 0.05) is 24.2 Å². The molecule has 4 saturated carbocycles. The Bertz CT molecular complexity index is 848. The molecular formula is C26H43N5O3. The molecule has 0 bridgehead atoms. The molecule has 5 rings (SSSR count). The molecule has 1 aliphatic heterocycles. The molecule has 0 radical (unpaired) electrons. The average molecular weight is 474 g/mol. The number of rotatable bonds is 7. The summed E-state index contributed by atoms with van der Waals surface area (Å²) >= 11 is 0. The predicted molar refractivity (Wildman–Crippen MR) is 132 cm³/mol. The summed E-state index contributed by atoms with van der Waals surface area (Å²) in [7, 11) is 0. The molecule has 4 aliphatic carbocycles. The van der Waals surface area contributed by atoms with Crippen LogP contribution in [0, 0.1) is 34.5 Å². The third-order valence-corrected chi connectivity index (χ3v) is 10.8. The Hall–Kier alpha value is -1.51. The number of hydrogen-bond donors (Lipinski definition) is 4. The van der Waals surface area contributed by atoms with Crippen LogP contribution in [0.4, 0.5) is 0 Å². The summed E-state index contributed by atoms with van der Waals surface area (Å²) < 4.78 is 6.18. The molecule has 190 valence electrons. The van der Waals surface area contributed by atoms with Gasteiger partial charge in [0.1, 0.15) is 12.4 Å². The molecule has 5 aliphatic rings. The summed E-state index contributed by atoms with van der Waals surface area (Å²) in [6.07, 6.45) is 13.0. The maximum absolute atomic E-state index is 12.6. The lowest BCUT2D eigenvalue weighted by molar-refractivity contribution is -0.211. The van der Waals surface area contributed by atoms with E-state index in [1.807, 2.05) is 0 Å². The van der Waals surface area contributed by atoms with E-state index in [2.05, 4.69) is 22.3 Å². The van der Waals surface area contributed by atoms with Crippen molar-refractivity contribution in [1.82, 2.24) is 5.32 Å². The molecule has 1 amide bonds. The maximum atomic E-state index is 12.6. The summed E-state index contributed by atoms with van der Waals surface area (Å²) in [5.41, 5.74) is 4.76. The van der Waals surface area contributed by atoms with Crippen LogP contribution in [0.5, 0.6) is 0 Å². The first kappa shape index (κ1) is 24.2. The Balaban J connectivity index is 1.39. The van der Waals surface area contributed by atoms with E-state index in [0.717, 1.165) is 70.2 Å². The highest BCUT2D eigenvalue weighted by molar-refractivity contribution is 6.05. The first-order valence-electron chi connectivity index (χ1n) is 13.5. The van der Waals surface area contributed by atoms with Crippen molar-refractivity contribution >= 4 is 18.0 Å². The van der Waals surface area contributed by atoms with E-state index >= 15 is 0 Å². The molecule has 4 fully saturated rings. The van der Waals surface area contributed by atoms with Crippen molar-refractivity contribution in [2.75, 3.05) is 19.7 Å². The Morgan fingerprint density at radius 3 is 2.79 bits per heavy atom. The quantitative estimate of drug-likeness (QED) is 0.195. The highest BCUT2D eigenvalue weighted by Crippen LogP contribution is 2.70. The fourth-order valence-electron chi connectivity index (χ4n) is 9.11. The van der Waals surface area contributed by atoms with E-state index in [0.29, 0.717) is 30.9 Å². The van der Waals surface area contributed by atoms with E-state index in [9.17, 15) is 9.90 Å². The molecular weight excluding hydrogens is 430 g/mol. The zero-order chi connectivity index (χ0) is 24.0. The molecule has 0 aromatic rings. The summed E-state index contributed by atoms with van der Waals surface area (Å²) in [6.45, 7) is 4.15. The number of hydrogen-bond acceptors (Lipinski definition) is 7. The van der Waals surface area contributed by atoms with E-state index in [1.165, 1.54) is 6.42 Å². The van der Waals surface area contributed by atoms with Crippen LogP contribution in [-0.4, -0.2) is 54.5 Å². The van der Waals surface area contributed by atoms with Gasteiger partial charge in [-0.1, -0.05) is 6.92 Å². The van der Waals surface area contributed by atoms with E-state index in [-0.39, 0.29) is 35.1 Å². The number of amides is 1. The smallest absolute Gasteiger partial charge is 0.247 e. The summed E-state index contributed by atoms with van der Waals surface area (Å²) in [6, 6.07) is 0. The number of hydrazone groups is 1. The summed E-state index contributed by atoms with van der Waals surface area (Å²) in [5.74, 6) is 7.79. The largest absolute Gasteiger partial charge is 0.389 e. The van der Waals surface area contributed by atoms with Crippen molar-refractivity contribution < 1.29 is 14.6 Å². The fourth-order valence-corrected chi connectivity index (χ4v) is 9.11. The number of nitrogens with two attached hydrogens (primary N) is 2. The van der Waals surface area contributed by atoms with E-state index in [1.54, 1.807) is 6.21 Å². The minimum absolute atomic E-state index is 0.0415. The molecule has 1 heterocycles. The fraction of sp³-hybridized carbons (Fsp3) is 0.885. The van der Waals surface area contributed by atoms with Gasteiger partial charge in [0.2, 0.25) is 5.91 Å². The van der Waals surface area contributed by atoms with Gasteiger partial charge in [0.15, 0.2) is 0 Å². The number of carbonyl (C=O) groups is 1. The van der Waals surface area contributed by atoms with Gasteiger partial charge in [0.05, 0.1) is 11.7 Å². The van der Waals surface area contributed by atoms with Gasteiger partial charge in [-0.05, 0) is 100 Å². The van der Waals surface area contributed by atoms with Crippen LogP contribution in [0.3, 0.4) is 0 Å². The Kier molecular flexibility index (Phi) is 6.53. The van der Waals surface area contributed by atoms with Crippen LogP contribution in [0.15, 0.2) is 10.1 Å². The topological polar surface area (TPSA) is 135 Å². The molecule has 0 unspecified atom stereocenters. The van der Waals surface area contributed by atoms with Crippen LogP contribution < -0.4 is 16.9 Å². The number of nitrogens with zero attached hydrogens (tertiary/aromatic N) is 2. The van der Waals surface area contributed by atoms with Crippen LogP contribution >= 0.6 is 0 Å². The van der Waals surface area contributed by atoms with Gasteiger partial charge in [-0.25, -0.2) is 0 Å². The van der Waals surface area contributed by atoms with Gasteiger partial charge in [-0.3, -0.25) is 9.79 Å². The second kappa shape index (κ2) is 9.17. The van der Waals surface area contributed by atoms with Gasteiger partial charge < -0.3 is 26.7 Å². The highest BCUT2D eigenvalue weighted by Gasteiger charge is 2.69. The second-order valence-corrected chi connectivity index (χ2v) is 11.9. The Morgan fingerprint density at radius 2 is 2.06 bits per heavy atom. The number of carbonyl (C=O) groups excluding carboxylic acids is 1. The molecule has 34 heavy (non-hydrogen) atoms. The van der Waals surface area contributed by atoms with Gasteiger partial charge in [0.25, 0.3) is 0 Å². The molecule has 0 aromatic carbocycles. The van der Waals surface area contributed by atoms with Gasteiger partial charge in [-0.2, -0.15) is 5.10 Å². The molecule has 6 N–H and O–H groups in total. The molecule has 0 saturated heterocycles. The van der Waals surface area contributed by atoms with Crippen LogP contribution in [0.25, 0.3) is 0 Å². The van der Waals surface area contributed by atoms with E-state index in [4.69, 9.17) is 16.3 Å². The second-order valence-electron chi connectivity index (χ2n) is 11.9. The summed E-state index contributed by atoms with van der Waals surface area (Å²) in [5, 5.41) is 19.4. The van der Waals surface area contributed by atoms with Crippen molar-refractivity contribution in [2.45, 2.75) is 89.3 Å². The van der Waals surface area contributed by atoms with Crippen molar-refractivity contribution in [2.24, 2.45) is 56.2 Å². The Morgan fingerprint density at radius 1 is 1.21 bits per heavy atom. The first-order chi connectivity index (χ1) is 16.4. The summed E-state index contributed by atoms with van der Waals surface area (Å²) in [4.78, 5) is 16.5. The third kappa shape index (κ3) is 3.63. The number of fused-ring (bicyclic) bond motifs is 5. The lowest BCUT2D eigenvalue weighted by atomic mass is 9.42. The Labute approximate surface area is 203 Å². The zero-order valence-corrected chi connectivity index (χ0v) is 20.7. The van der Waals surface area contributed by atoms with Crippen LogP contribution in [0.1, 0.15) is 77.6 Å². The third-order valence-electron chi connectivity index (χ3n) is 10.8. The molecule has 8 nitrogen and oxygen atoms in total. The van der Waals surface area contributed by atoms with Gasteiger partial charge >= 0.3 is 0 Å². The lowest BCUT2D eigenvalue weighted by Crippen LogP contribution is -2.64. The van der Waals surface area contributed by atoms with Crippen LogP contribution in [-0.2, 0) is 9.53 Å². The minimum atomic E-state index is -0.778. The van der Waals surface area contributed by atoms with Crippen molar-refractivity contribution in [1.29, 1.82) is 0 Å². The molecule has 0 aromatic heterocycles. The lowest BCUT2D eigenvalue weighted by Gasteiger charge is -2.64. The molecule has 8 heteroatoms. The van der Waals surface area contributed by atoms with Gasteiger partial charge in [-0.15, -0.1) is 0 Å². The number of aliphatic imine (C=N–C) groups is 1. The minimum Gasteiger partial charge on any atom is -0.389 e.